The second-order valence-electron chi connectivity index (χ2n) is 43.3. The van der Waals surface area contributed by atoms with Crippen molar-refractivity contribution in [3.63, 3.8) is 0 Å². The SMILES string of the molecule is CC(C)N1CCC(N2Cc3cc(N4CCN(C)CC4)ccc3NC2=O)CC1.CC(C)N1CCC(N2Cc3cc(OCCCN(C)C)ccc3NC2=O)CC1.CC(C)N1CCC(N2Cc3cc(OCCN(C)C)ccc3NC2=O)CC1.CC(C)N1CCC(n2cc(-c3cccc([N+](=O)[O-])c3)[nH]c2=O)CC1.CC(C)N1CCC(n2cc(-c3ccccc3C(F)(F)F)[nH]c2=O)CC1.CCN1CCC(N2Cc3ccncc3NC2=O)CC1. The summed E-state index contributed by atoms with van der Waals surface area (Å²) < 4.78 is 54.7. The van der Waals surface area contributed by atoms with Crippen LogP contribution in [-0.2, 0) is 32.4 Å². The van der Waals surface area contributed by atoms with Gasteiger partial charge < -0.3 is 109 Å². The fourth-order valence-electron chi connectivity index (χ4n) is 21.9. The van der Waals surface area contributed by atoms with Gasteiger partial charge in [0.1, 0.15) is 18.1 Å². The monoisotopic (exact) mass is 2050 g/mol. The van der Waals surface area contributed by atoms with Gasteiger partial charge in [-0.2, -0.15) is 13.2 Å². The van der Waals surface area contributed by atoms with Crippen LogP contribution in [0.5, 0.6) is 11.5 Å². The summed E-state index contributed by atoms with van der Waals surface area (Å²) in [6.45, 7) is 48.1. The smallest absolute Gasteiger partial charge is 0.417 e. The maximum absolute atomic E-state index is 13.2. The molecule has 8 aromatic rings. The van der Waals surface area contributed by atoms with Gasteiger partial charge in [-0.3, -0.25) is 24.2 Å². The number of imidazole rings is 2. The number of H-pyrrole nitrogens is 2. The van der Waals surface area contributed by atoms with E-state index in [1.807, 2.05) is 59.1 Å². The maximum atomic E-state index is 13.2. The number of nitro groups is 1. The predicted octanol–water partition coefficient (Wildman–Crippen LogP) is 17.4. The number of ether oxygens (including phenoxy) is 2. The van der Waals surface area contributed by atoms with Gasteiger partial charge in [0.2, 0.25) is 0 Å². The summed E-state index contributed by atoms with van der Waals surface area (Å²) in [6.07, 6.45) is 15.3. The number of carbonyl (C=O) groups is 4. The fraction of sp³-hybridized carbons (Fsp3) is 0.595. The summed E-state index contributed by atoms with van der Waals surface area (Å²) >= 11 is 0. The van der Waals surface area contributed by atoms with Crippen LogP contribution in [0.15, 0.2) is 144 Å². The molecule has 6 N–H and O–H groups in total. The Bertz CT molecular complexity index is 5770. The molecular weight excluding hydrogens is 1890 g/mol. The number of likely N-dealkylation sites (tertiary alicyclic amines) is 6. The first-order valence-electron chi connectivity index (χ1n) is 54.0. The van der Waals surface area contributed by atoms with E-state index in [1.54, 1.807) is 45.9 Å². The second kappa shape index (κ2) is 52.4. The quantitative estimate of drug-likeness (QED) is 0.0176. The number of fused-ring (bicyclic) bond motifs is 4. The van der Waals surface area contributed by atoms with Crippen LogP contribution in [0.4, 0.5) is 66.5 Å². The number of piperidine rings is 6. The number of pyridine rings is 1. The number of halogens is 3. The predicted molar refractivity (Wildman–Crippen MR) is 581 cm³/mol. The lowest BCUT2D eigenvalue weighted by Crippen LogP contribution is -2.51. The minimum absolute atomic E-state index is 0.00506. The van der Waals surface area contributed by atoms with Crippen LogP contribution < -0.4 is 47.0 Å². The Morgan fingerprint density at radius 3 is 1.25 bits per heavy atom. The van der Waals surface area contributed by atoms with Crippen molar-refractivity contribution in [1.29, 1.82) is 0 Å². The highest BCUT2D eigenvalue weighted by Gasteiger charge is 2.40. The summed E-state index contributed by atoms with van der Waals surface area (Å²) in [6, 6.07) is 36.5. The Labute approximate surface area is 872 Å². The lowest BCUT2D eigenvalue weighted by atomic mass is 9.99. The summed E-state index contributed by atoms with van der Waals surface area (Å²) in [4.78, 5) is 126. The highest BCUT2D eigenvalue weighted by molar-refractivity contribution is 5.95. The number of aromatic amines is 2. The Morgan fingerprint density at radius 1 is 0.432 bits per heavy atom. The van der Waals surface area contributed by atoms with Gasteiger partial charge in [0.15, 0.2) is 0 Å². The molecule has 0 aliphatic carbocycles. The van der Waals surface area contributed by atoms with E-state index < -0.39 is 16.7 Å². The van der Waals surface area contributed by atoms with Crippen LogP contribution in [-0.4, -0.2) is 344 Å². The molecule has 0 unspecified atom stereocenters. The number of nitrogens with zero attached hydrogens (tertiary/aromatic N) is 18. The van der Waals surface area contributed by atoms with E-state index >= 15 is 0 Å². The van der Waals surface area contributed by atoms with Gasteiger partial charge in [0, 0.05) is 275 Å². The van der Waals surface area contributed by atoms with Crippen molar-refractivity contribution < 1.29 is 46.7 Å². The fourth-order valence-corrected chi connectivity index (χ4v) is 21.9. The van der Waals surface area contributed by atoms with Crippen molar-refractivity contribution in [3.8, 4) is 34.0 Å². The average molecular weight is 2050 g/mol. The largest absolute Gasteiger partial charge is 0.494 e. The number of nitro benzene ring substituents is 1. The second-order valence-corrected chi connectivity index (χ2v) is 43.3. The van der Waals surface area contributed by atoms with Crippen LogP contribution >= 0.6 is 0 Å². The molecule has 37 heteroatoms. The first kappa shape index (κ1) is 112. The number of likely N-dealkylation sites (N-methyl/N-ethyl adjacent to an activating group) is 2. The summed E-state index contributed by atoms with van der Waals surface area (Å²) in [5.74, 6) is 1.76. The third kappa shape index (κ3) is 30.1. The van der Waals surface area contributed by atoms with Crippen LogP contribution in [0.25, 0.3) is 22.5 Å². The number of nitrogens with one attached hydrogen (secondary N) is 6. The Kier molecular flexibility index (Phi) is 39.7. The number of rotatable bonds is 25. The Hall–Kier alpha value is -11.4. The number of benzene rings is 5. The number of alkyl halides is 3. The number of anilines is 5. The molecule has 11 aliphatic heterocycles. The van der Waals surface area contributed by atoms with Gasteiger partial charge in [0.05, 0.1) is 40.4 Å². The molecule has 7 fully saturated rings. The van der Waals surface area contributed by atoms with Gasteiger partial charge in [-0.1, -0.05) is 37.3 Å². The number of non-ortho nitro benzene ring substituents is 1. The molecular formula is C111H163F3N24O10. The van der Waals surface area contributed by atoms with Gasteiger partial charge in [-0.25, -0.2) is 28.8 Å². The zero-order valence-electron chi connectivity index (χ0n) is 90.2. The Morgan fingerprint density at radius 2 is 0.824 bits per heavy atom. The molecule has 3 aromatic heterocycles. The van der Waals surface area contributed by atoms with Crippen LogP contribution in [0, 0.1) is 10.1 Å². The zero-order valence-corrected chi connectivity index (χ0v) is 90.2. The number of carbonyl (C=O) groups excluding carboxylic acids is 4. The average Bonchev–Trinajstić information content (AvgIpc) is 1.74. The molecule has 808 valence electrons. The molecule has 0 radical (unpaired) electrons. The van der Waals surface area contributed by atoms with Crippen molar-refractivity contribution in [2.75, 3.05) is 199 Å². The molecule has 0 saturated carbocycles. The van der Waals surface area contributed by atoms with Crippen molar-refractivity contribution in [2.24, 2.45) is 0 Å². The van der Waals surface area contributed by atoms with Gasteiger partial charge >= 0.3 is 41.7 Å². The molecule has 7 saturated heterocycles. The third-order valence-corrected chi connectivity index (χ3v) is 31.3. The van der Waals surface area contributed by atoms with Crippen molar-refractivity contribution in [2.45, 2.75) is 258 Å². The number of piperazine rings is 1. The van der Waals surface area contributed by atoms with E-state index in [4.69, 9.17) is 9.47 Å². The highest BCUT2D eigenvalue weighted by Crippen LogP contribution is 2.40. The van der Waals surface area contributed by atoms with Crippen LogP contribution in [0.1, 0.15) is 200 Å². The van der Waals surface area contributed by atoms with E-state index in [0.717, 1.165) is 271 Å². The molecule has 5 aromatic carbocycles. The van der Waals surface area contributed by atoms with Crippen LogP contribution in [0.3, 0.4) is 0 Å². The lowest BCUT2D eigenvalue weighted by Gasteiger charge is -2.42. The van der Waals surface area contributed by atoms with Crippen molar-refractivity contribution in [3.05, 3.63) is 193 Å². The third-order valence-electron chi connectivity index (χ3n) is 31.3. The van der Waals surface area contributed by atoms with Crippen LogP contribution in [0.2, 0.25) is 0 Å². The van der Waals surface area contributed by atoms with Gasteiger partial charge in [0.25, 0.3) is 5.69 Å². The van der Waals surface area contributed by atoms with Gasteiger partial charge in [-0.05, 0) is 283 Å². The Balaban J connectivity index is 0.000000141. The molecule has 8 amide bonds. The molecule has 14 heterocycles. The number of amides is 8. The van der Waals surface area contributed by atoms with E-state index in [9.17, 15) is 52.1 Å². The minimum atomic E-state index is -4.46. The normalized spacial score (nSPS) is 19.3. The van der Waals surface area contributed by atoms with Gasteiger partial charge in [-0.15, -0.1) is 0 Å². The number of aromatic nitrogens is 5. The topological polar surface area (TPSA) is 312 Å². The molecule has 0 atom stereocenters. The van der Waals surface area contributed by atoms with Crippen molar-refractivity contribution >= 4 is 58.2 Å². The summed E-state index contributed by atoms with van der Waals surface area (Å²) in [7, 11) is 10.4. The number of hydrogen-bond acceptors (Lipinski definition) is 21. The highest BCUT2D eigenvalue weighted by atomic mass is 19.4. The van der Waals surface area contributed by atoms with E-state index in [2.05, 4.69) is 218 Å². The lowest BCUT2D eigenvalue weighted by molar-refractivity contribution is -0.384. The molecule has 0 spiro atoms. The first-order valence-corrected chi connectivity index (χ1v) is 54.0. The standard InChI is InChI=1S/C21H33N5O.C21H34N4O2.C20H32N4O2.C18H22F3N3O.C17H22N4O3.C14H20N4O/c1-16(2)24-8-6-18(7-9-24)26-15-17-14-19(4-5-20(17)22-21(26)27)25-12-10-23(3)11-13-25;1-16(2)24-11-8-18(9-12-24)25-15-17-14-19(27-13-5-10-23(3)4)6-7-20(17)22-21(25)26;1-15(2)23-9-7-17(8-10-23)24-14-16-13-18(26-12-11-22(3)4)5-6-19(16)21-20(24)25;1-12(2)23-9-7-13(8-10-23)24-11-16(22-17(24)25)14-5-3-4-6-15(14)18(19,20)21;1-12(2)19-8-6-14(7-9-19)20-11-16(18-17(20)22)13-4-3-5-15(10-13)21(23)24;1-2-17-7-4-12(5-8-17)18-10-11-3-6-15-9-13(11)16-14(18)19/h4-5,14,16,18H,6-13,15H2,1-3H3,(H,22,27);6-7,14,16,18H,5,8-13,15H2,1-4H3,(H,22,26);5-6,13,15,17H,7-12,14H2,1-4H3,(H,21,25);3-6,11-13H,7-10H2,1-2H3,(H,22,25);3-5,10-12,14H,6-9H2,1-2H3,(H,18,22);3,6,9,12H,2,4-5,7-8,10H2,1H3,(H,16,19). The maximum Gasteiger partial charge on any atom is 0.417 e. The number of hydrogen-bond donors (Lipinski definition) is 6. The first-order chi connectivity index (χ1) is 70.9. The zero-order chi connectivity index (χ0) is 106. The minimum Gasteiger partial charge on any atom is -0.494 e. The molecule has 148 heavy (non-hydrogen) atoms. The number of urea groups is 4. The molecule has 34 nitrogen and oxygen atoms in total. The van der Waals surface area contributed by atoms with Crippen molar-refractivity contribution in [1.82, 2.24) is 87.8 Å². The van der Waals surface area contributed by atoms with E-state index in [0.29, 0.717) is 98.5 Å². The molecule has 0 bridgehead atoms. The molecule has 19 rings (SSSR count). The molecule has 11 aliphatic rings. The van der Waals surface area contributed by atoms with E-state index in [1.165, 1.54) is 41.7 Å². The summed E-state index contributed by atoms with van der Waals surface area (Å²) in [5, 5.41) is 23.1. The van der Waals surface area contributed by atoms with E-state index in [-0.39, 0.29) is 64.5 Å². The summed E-state index contributed by atoms with van der Waals surface area (Å²) in [5.41, 5.74) is 9.90.